The quantitative estimate of drug-likeness (QED) is 0.743. The van der Waals surface area contributed by atoms with Gasteiger partial charge in [-0.05, 0) is 37.0 Å². The predicted molar refractivity (Wildman–Crippen MR) is 73.6 cm³/mol. The molecule has 2 rings (SSSR count). The number of hydrogen-bond acceptors (Lipinski definition) is 3. The fraction of sp³-hybridized carbons (Fsp3) is 0.600. The summed E-state index contributed by atoms with van der Waals surface area (Å²) < 4.78 is 46.7. The van der Waals surface area contributed by atoms with Crippen molar-refractivity contribution >= 4 is 0 Å². The van der Waals surface area contributed by atoms with Crippen LogP contribution in [0.1, 0.15) is 31.2 Å². The lowest BCUT2D eigenvalue weighted by Crippen LogP contribution is -2.15. The van der Waals surface area contributed by atoms with E-state index < -0.39 is 12.6 Å². The molecule has 0 heterocycles. The fourth-order valence-corrected chi connectivity index (χ4v) is 1.95. The summed E-state index contributed by atoms with van der Waals surface area (Å²) in [4.78, 5) is 0. The average molecular weight is 303 g/mol. The van der Waals surface area contributed by atoms with Crippen molar-refractivity contribution in [2.24, 2.45) is 0 Å². The van der Waals surface area contributed by atoms with Crippen LogP contribution in [-0.2, 0) is 6.54 Å². The molecule has 6 heteroatoms. The maximum Gasteiger partial charge on any atom is 0.389 e. The lowest BCUT2D eigenvalue weighted by Gasteiger charge is -2.13. The summed E-state index contributed by atoms with van der Waals surface area (Å²) in [5, 5.41) is 3.39. The van der Waals surface area contributed by atoms with Crippen molar-refractivity contribution in [1.29, 1.82) is 0 Å². The number of rotatable bonds is 8. The van der Waals surface area contributed by atoms with Gasteiger partial charge < -0.3 is 14.8 Å². The number of benzene rings is 1. The second kappa shape index (κ2) is 7.02. The number of alkyl halides is 3. The van der Waals surface area contributed by atoms with Crippen LogP contribution in [0.3, 0.4) is 0 Å². The van der Waals surface area contributed by atoms with Gasteiger partial charge in [0.25, 0.3) is 0 Å². The molecule has 0 spiro atoms. The van der Waals surface area contributed by atoms with Gasteiger partial charge in [-0.2, -0.15) is 13.2 Å². The molecule has 3 nitrogen and oxygen atoms in total. The van der Waals surface area contributed by atoms with Gasteiger partial charge in [0.15, 0.2) is 11.5 Å². The third-order valence-electron chi connectivity index (χ3n) is 3.26. The van der Waals surface area contributed by atoms with E-state index >= 15 is 0 Å². The molecule has 0 bridgehead atoms. The van der Waals surface area contributed by atoms with Gasteiger partial charge in [0.05, 0.1) is 13.7 Å². The van der Waals surface area contributed by atoms with E-state index in [0.29, 0.717) is 17.5 Å². The summed E-state index contributed by atoms with van der Waals surface area (Å²) in [7, 11) is 1.52. The van der Waals surface area contributed by atoms with Crippen molar-refractivity contribution in [3.63, 3.8) is 0 Å². The van der Waals surface area contributed by atoms with Crippen LogP contribution in [0.4, 0.5) is 13.2 Å². The van der Waals surface area contributed by atoms with Crippen molar-refractivity contribution < 1.29 is 22.6 Å². The molecule has 0 radical (unpaired) electrons. The van der Waals surface area contributed by atoms with Crippen molar-refractivity contribution in [2.45, 2.75) is 44.4 Å². The number of halogens is 3. The Morgan fingerprint density at radius 3 is 2.62 bits per heavy atom. The van der Waals surface area contributed by atoms with Crippen molar-refractivity contribution in [3.8, 4) is 11.5 Å². The molecule has 0 unspecified atom stereocenters. The van der Waals surface area contributed by atoms with E-state index in [4.69, 9.17) is 9.47 Å². The van der Waals surface area contributed by atoms with Gasteiger partial charge in [0.1, 0.15) is 0 Å². The smallest absolute Gasteiger partial charge is 0.389 e. The minimum atomic E-state index is -4.13. The minimum Gasteiger partial charge on any atom is -0.493 e. The van der Waals surface area contributed by atoms with E-state index in [9.17, 15) is 13.2 Å². The van der Waals surface area contributed by atoms with E-state index in [1.165, 1.54) is 20.0 Å². The molecule has 1 saturated carbocycles. The highest BCUT2D eigenvalue weighted by Gasteiger charge is 2.26. The first kappa shape index (κ1) is 15.9. The second-order valence-electron chi connectivity index (χ2n) is 5.21. The fourth-order valence-electron chi connectivity index (χ4n) is 1.95. The molecule has 1 aromatic rings. The van der Waals surface area contributed by atoms with Crippen molar-refractivity contribution in [2.75, 3.05) is 13.7 Å². The van der Waals surface area contributed by atoms with Crippen LogP contribution < -0.4 is 14.8 Å². The Morgan fingerprint density at radius 2 is 2.00 bits per heavy atom. The maximum atomic E-state index is 12.0. The topological polar surface area (TPSA) is 30.5 Å². The SMILES string of the molecule is COc1cc(CNC2CC2)ccc1OCCCC(F)(F)F. The number of nitrogens with one attached hydrogen (secondary N) is 1. The molecule has 1 aliphatic rings. The predicted octanol–water partition coefficient (Wildman–Crippen LogP) is 3.67. The van der Waals surface area contributed by atoms with Crippen LogP contribution in [0, 0.1) is 0 Å². The highest BCUT2D eigenvalue weighted by molar-refractivity contribution is 5.43. The number of ether oxygens (including phenoxy) is 2. The monoisotopic (exact) mass is 303 g/mol. The molecule has 1 aromatic carbocycles. The molecule has 0 aromatic heterocycles. The minimum absolute atomic E-state index is 0.0234. The van der Waals surface area contributed by atoms with Crippen molar-refractivity contribution in [1.82, 2.24) is 5.32 Å². The van der Waals surface area contributed by atoms with Gasteiger partial charge in [0, 0.05) is 19.0 Å². The summed E-state index contributed by atoms with van der Waals surface area (Å²) in [6.45, 7) is 0.783. The lowest BCUT2D eigenvalue weighted by molar-refractivity contribution is -0.136. The van der Waals surface area contributed by atoms with Crippen LogP contribution in [0.2, 0.25) is 0 Å². The van der Waals surface area contributed by atoms with Gasteiger partial charge in [-0.1, -0.05) is 6.07 Å². The third-order valence-corrected chi connectivity index (χ3v) is 3.26. The van der Waals surface area contributed by atoms with Crippen LogP contribution in [0.5, 0.6) is 11.5 Å². The molecule has 118 valence electrons. The Labute approximate surface area is 122 Å². The molecule has 0 aliphatic heterocycles. The summed E-state index contributed by atoms with van der Waals surface area (Å²) in [6, 6.07) is 6.12. The average Bonchev–Trinajstić information content (AvgIpc) is 3.25. The molecule has 1 fully saturated rings. The molecule has 0 atom stereocenters. The van der Waals surface area contributed by atoms with Crippen LogP contribution >= 0.6 is 0 Å². The maximum absolute atomic E-state index is 12.0. The Morgan fingerprint density at radius 1 is 1.24 bits per heavy atom. The van der Waals surface area contributed by atoms with Crippen LogP contribution in [0.25, 0.3) is 0 Å². The van der Waals surface area contributed by atoms with Crippen LogP contribution in [0.15, 0.2) is 18.2 Å². The van der Waals surface area contributed by atoms with E-state index in [2.05, 4.69) is 5.32 Å². The normalized spacial score (nSPS) is 15.0. The Kier molecular flexibility index (Phi) is 5.33. The highest BCUT2D eigenvalue weighted by atomic mass is 19.4. The van der Waals surface area contributed by atoms with E-state index in [1.807, 2.05) is 12.1 Å². The Bertz CT molecular complexity index is 459. The number of hydrogen-bond donors (Lipinski definition) is 1. The first-order valence-electron chi connectivity index (χ1n) is 7.08. The first-order chi connectivity index (χ1) is 9.98. The summed E-state index contributed by atoms with van der Waals surface area (Å²) in [5.41, 5.74) is 1.07. The second-order valence-corrected chi connectivity index (χ2v) is 5.21. The zero-order valence-corrected chi connectivity index (χ0v) is 12.0. The molecule has 0 amide bonds. The molecule has 0 saturated heterocycles. The zero-order valence-electron chi connectivity index (χ0n) is 12.0. The van der Waals surface area contributed by atoms with E-state index in [0.717, 1.165) is 12.1 Å². The molecule has 1 aliphatic carbocycles. The number of methoxy groups -OCH3 is 1. The van der Waals surface area contributed by atoms with Gasteiger partial charge in [0.2, 0.25) is 0 Å². The van der Waals surface area contributed by atoms with E-state index in [-0.39, 0.29) is 13.0 Å². The molecular formula is C15H20F3NO2. The summed E-state index contributed by atoms with van der Waals surface area (Å²) in [6.07, 6.45) is -2.59. The highest BCUT2D eigenvalue weighted by Crippen LogP contribution is 2.29. The summed E-state index contributed by atoms with van der Waals surface area (Å²) >= 11 is 0. The van der Waals surface area contributed by atoms with Gasteiger partial charge in [-0.25, -0.2) is 0 Å². The lowest BCUT2D eigenvalue weighted by atomic mass is 10.2. The van der Waals surface area contributed by atoms with Crippen molar-refractivity contribution in [3.05, 3.63) is 23.8 Å². The largest absolute Gasteiger partial charge is 0.493 e. The first-order valence-corrected chi connectivity index (χ1v) is 7.08. The van der Waals surface area contributed by atoms with E-state index in [1.54, 1.807) is 6.07 Å². The zero-order chi connectivity index (χ0) is 15.3. The molecular weight excluding hydrogens is 283 g/mol. The molecule has 21 heavy (non-hydrogen) atoms. The van der Waals surface area contributed by atoms with Gasteiger partial charge >= 0.3 is 6.18 Å². The van der Waals surface area contributed by atoms with Gasteiger partial charge in [-0.3, -0.25) is 0 Å². The van der Waals surface area contributed by atoms with Gasteiger partial charge in [-0.15, -0.1) is 0 Å². The summed E-state index contributed by atoms with van der Waals surface area (Å²) in [5.74, 6) is 1.03. The standard InChI is InChI=1S/C15H20F3NO2/c1-20-14-9-11(10-19-12-4-5-12)3-6-13(14)21-8-2-7-15(16,17)18/h3,6,9,12,19H,2,4-5,7-8,10H2,1H3. The Balaban J connectivity index is 1.83. The third kappa shape index (κ3) is 5.83. The Hall–Kier alpha value is -1.43. The molecule has 1 N–H and O–H groups in total. The van der Waals surface area contributed by atoms with Crippen LogP contribution in [-0.4, -0.2) is 25.9 Å².